The first-order valence-electron chi connectivity index (χ1n) is 8.55. The number of primary amides is 2. The minimum Gasteiger partial charge on any atom is -0.508 e. The average Bonchev–Trinajstić information content (AvgIpc) is 2.95. The highest BCUT2D eigenvalue weighted by Crippen LogP contribution is 2.56. The lowest BCUT2D eigenvalue weighted by Crippen LogP contribution is -2.32. The smallest absolute Gasteiger partial charge is 0.340 e. The molecule has 0 atom stereocenters. The second-order valence-electron chi connectivity index (χ2n) is 6.48. The van der Waals surface area contributed by atoms with E-state index in [1.807, 2.05) is 12.1 Å². The Morgan fingerprint density at radius 2 is 1.34 bits per heavy atom. The number of carbonyl (C=O) groups excluding carboxylic acids is 2. The van der Waals surface area contributed by atoms with Gasteiger partial charge in [-0.3, -0.25) is 0 Å². The molecule has 0 unspecified atom stereocenters. The van der Waals surface area contributed by atoms with Crippen LogP contribution in [0.1, 0.15) is 27.0 Å². The lowest BCUT2D eigenvalue weighted by Gasteiger charge is -2.36. The van der Waals surface area contributed by atoms with E-state index < -0.39 is 17.6 Å². The first kappa shape index (κ1) is 18.2. The lowest BCUT2D eigenvalue weighted by atomic mass is 9.77. The fourth-order valence-corrected chi connectivity index (χ4v) is 3.65. The Morgan fingerprint density at radius 3 is 1.90 bits per heavy atom. The zero-order valence-corrected chi connectivity index (χ0v) is 15.0. The molecule has 0 saturated heterocycles. The molecule has 3 aromatic rings. The second-order valence-corrected chi connectivity index (χ2v) is 6.48. The molecule has 0 radical (unpaired) electrons. The van der Waals surface area contributed by atoms with Crippen molar-refractivity contribution < 1.29 is 29.3 Å². The van der Waals surface area contributed by atoms with E-state index in [1.54, 1.807) is 24.3 Å². The van der Waals surface area contributed by atoms with Gasteiger partial charge in [-0.2, -0.15) is 0 Å². The number of esters is 1. The van der Waals surface area contributed by atoms with Gasteiger partial charge < -0.3 is 31.2 Å². The highest BCUT2D eigenvalue weighted by Gasteiger charge is 2.53. The molecular formula is C21H16N2O6. The van der Waals surface area contributed by atoms with Crippen LogP contribution in [-0.4, -0.2) is 22.2 Å². The quantitative estimate of drug-likeness (QED) is 0.433. The van der Waals surface area contributed by atoms with Crippen LogP contribution in [0.3, 0.4) is 0 Å². The van der Waals surface area contributed by atoms with Gasteiger partial charge in [-0.25, -0.2) is 9.59 Å². The van der Waals surface area contributed by atoms with Gasteiger partial charge >= 0.3 is 12.0 Å². The molecule has 0 bridgehead atoms. The first-order valence-corrected chi connectivity index (χ1v) is 8.55. The summed E-state index contributed by atoms with van der Waals surface area (Å²) < 4.78 is 11.8. The highest BCUT2D eigenvalue weighted by molar-refractivity contribution is 5.97. The summed E-state index contributed by atoms with van der Waals surface area (Å²) in [5, 5.41) is 19.7. The third-order valence-electron chi connectivity index (χ3n) is 4.68. The van der Waals surface area contributed by atoms with Crippen molar-refractivity contribution in [3.8, 4) is 23.0 Å². The molecule has 29 heavy (non-hydrogen) atoms. The zero-order chi connectivity index (χ0) is 20.8. The Bertz CT molecular complexity index is 1100. The maximum atomic E-state index is 12.5. The van der Waals surface area contributed by atoms with Gasteiger partial charge in [-0.15, -0.1) is 0 Å². The van der Waals surface area contributed by atoms with Crippen LogP contribution >= 0.6 is 0 Å². The van der Waals surface area contributed by atoms with Crippen LogP contribution in [0.4, 0.5) is 4.79 Å². The highest BCUT2D eigenvalue weighted by atomic mass is 16.6. The van der Waals surface area contributed by atoms with E-state index in [0.717, 1.165) is 0 Å². The van der Waals surface area contributed by atoms with Gasteiger partial charge in [0, 0.05) is 28.8 Å². The number of urea groups is 1. The SMILES string of the molecule is NC(N)=O.O=C1OC2(c3ccc(O)cc3Oc3cc(O)ccc32)c2ccccc21. The molecule has 2 aliphatic rings. The molecule has 146 valence electrons. The molecule has 6 N–H and O–H groups in total. The number of carbonyl (C=O) groups is 2. The van der Waals surface area contributed by atoms with Crippen LogP contribution in [0.25, 0.3) is 0 Å². The van der Waals surface area contributed by atoms with Crippen molar-refractivity contribution in [1.29, 1.82) is 0 Å². The number of hydrogen-bond acceptors (Lipinski definition) is 6. The summed E-state index contributed by atoms with van der Waals surface area (Å²) in [6.07, 6.45) is 0. The standard InChI is InChI=1S/C20H12O5.CH4N2O/c21-11-5-7-15-17(9-11)24-18-10-12(22)6-8-16(18)20(15)14-4-2-1-3-13(14)19(23)25-20;2-1(3)4/h1-10,21-22H;(H4,2,3,4). The predicted octanol–water partition coefficient (Wildman–Crippen LogP) is 2.69. The molecule has 8 heteroatoms. The molecule has 0 aromatic heterocycles. The fraction of sp³-hybridized carbons (Fsp3) is 0.0476. The van der Waals surface area contributed by atoms with Crippen LogP contribution in [0.15, 0.2) is 60.7 Å². The summed E-state index contributed by atoms with van der Waals surface area (Å²) in [6, 6.07) is 15.8. The van der Waals surface area contributed by atoms with Gasteiger partial charge in [0.25, 0.3) is 0 Å². The third kappa shape index (κ3) is 2.78. The van der Waals surface area contributed by atoms with Crippen LogP contribution in [-0.2, 0) is 10.3 Å². The van der Waals surface area contributed by atoms with E-state index in [2.05, 4.69) is 11.5 Å². The summed E-state index contributed by atoms with van der Waals surface area (Å²) in [4.78, 5) is 21.5. The number of benzene rings is 3. The number of phenolic OH excluding ortho intramolecular Hbond substituents is 2. The van der Waals surface area contributed by atoms with Crippen LogP contribution in [0.2, 0.25) is 0 Å². The molecule has 2 aliphatic heterocycles. The summed E-state index contributed by atoms with van der Waals surface area (Å²) in [7, 11) is 0. The lowest BCUT2D eigenvalue weighted by molar-refractivity contribution is 0.0224. The van der Waals surface area contributed by atoms with Crippen molar-refractivity contribution in [2.24, 2.45) is 11.5 Å². The second kappa shape index (κ2) is 6.45. The molecule has 8 nitrogen and oxygen atoms in total. The molecule has 0 fully saturated rings. The number of ether oxygens (including phenoxy) is 2. The van der Waals surface area contributed by atoms with Crippen molar-refractivity contribution in [2.45, 2.75) is 5.60 Å². The van der Waals surface area contributed by atoms with E-state index in [4.69, 9.17) is 14.3 Å². The number of fused-ring (bicyclic) bond motifs is 6. The molecule has 5 rings (SSSR count). The fourth-order valence-electron chi connectivity index (χ4n) is 3.65. The molecule has 0 saturated carbocycles. The summed E-state index contributed by atoms with van der Waals surface area (Å²) >= 11 is 0. The first-order chi connectivity index (χ1) is 13.8. The molecule has 2 heterocycles. The number of aromatic hydroxyl groups is 2. The van der Waals surface area contributed by atoms with E-state index in [9.17, 15) is 15.0 Å². The van der Waals surface area contributed by atoms with Crippen molar-refractivity contribution in [3.05, 3.63) is 82.9 Å². The van der Waals surface area contributed by atoms with Crippen molar-refractivity contribution >= 4 is 12.0 Å². The van der Waals surface area contributed by atoms with Crippen molar-refractivity contribution in [3.63, 3.8) is 0 Å². The van der Waals surface area contributed by atoms with Crippen molar-refractivity contribution in [1.82, 2.24) is 0 Å². The predicted molar refractivity (Wildman–Crippen MR) is 102 cm³/mol. The minimum absolute atomic E-state index is 0.0371. The van der Waals surface area contributed by atoms with Crippen LogP contribution in [0.5, 0.6) is 23.0 Å². The summed E-state index contributed by atoms with van der Waals surface area (Å²) in [5.74, 6) is 0.408. The van der Waals surface area contributed by atoms with Gasteiger partial charge in [0.2, 0.25) is 0 Å². The Morgan fingerprint density at radius 1 is 0.828 bits per heavy atom. The number of nitrogens with two attached hydrogens (primary N) is 2. The summed E-state index contributed by atoms with van der Waals surface area (Å²) in [5.41, 5.74) is 9.78. The third-order valence-corrected chi connectivity index (χ3v) is 4.68. The molecule has 2 amide bonds. The topological polar surface area (TPSA) is 145 Å². The van der Waals surface area contributed by atoms with Crippen molar-refractivity contribution in [2.75, 3.05) is 0 Å². The molecular weight excluding hydrogens is 376 g/mol. The van der Waals surface area contributed by atoms with E-state index in [1.165, 1.54) is 24.3 Å². The number of hydrogen-bond donors (Lipinski definition) is 4. The average molecular weight is 392 g/mol. The zero-order valence-electron chi connectivity index (χ0n) is 15.0. The molecule has 3 aromatic carbocycles. The van der Waals surface area contributed by atoms with E-state index in [0.29, 0.717) is 33.8 Å². The molecule has 0 aliphatic carbocycles. The Balaban J connectivity index is 0.000000472. The Labute approximate surface area is 164 Å². The van der Waals surface area contributed by atoms with Gasteiger partial charge in [-0.05, 0) is 30.3 Å². The summed E-state index contributed by atoms with van der Waals surface area (Å²) in [6.45, 7) is 0. The van der Waals surface area contributed by atoms with Crippen LogP contribution < -0.4 is 16.2 Å². The molecule has 1 spiro atoms. The number of rotatable bonds is 0. The number of amides is 2. The monoisotopic (exact) mass is 392 g/mol. The Kier molecular flexibility index (Phi) is 4.04. The Hall–Kier alpha value is -4.20. The van der Waals surface area contributed by atoms with E-state index in [-0.39, 0.29) is 11.5 Å². The maximum Gasteiger partial charge on any atom is 0.340 e. The van der Waals surface area contributed by atoms with E-state index >= 15 is 0 Å². The minimum atomic E-state index is -1.17. The van der Waals surface area contributed by atoms with Gasteiger partial charge in [0.1, 0.15) is 23.0 Å². The largest absolute Gasteiger partial charge is 0.508 e. The van der Waals surface area contributed by atoms with Gasteiger partial charge in [-0.1, -0.05) is 18.2 Å². The van der Waals surface area contributed by atoms with Crippen LogP contribution in [0, 0.1) is 0 Å². The van der Waals surface area contributed by atoms with Gasteiger partial charge in [0.05, 0.1) is 5.56 Å². The van der Waals surface area contributed by atoms with Gasteiger partial charge in [0.15, 0.2) is 5.60 Å². The number of phenols is 2. The maximum absolute atomic E-state index is 12.5. The normalized spacial score (nSPS) is 14.4.